The zero-order valence-electron chi connectivity index (χ0n) is 15.0. The summed E-state index contributed by atoms with van der Waals surface area (Å²) < 4.78 is 2.91. The number of aromatic nitrogens is 4. The van der Waals surface area contributed by atoms with Crippen LogP contribution in [-0.4, -0.2) is 30.4 Å². The number of carbonyl (C=O) groups is 1. The van der Waals surface area contributed by atoms with Gasteiger partial charge in [0.1, 0.15) is 18.9 Å². The van der Waals surface area contributed by atoms with E-state index in [0.29, 0.717) is 28.0 Å². The third kappa shape index (κ3) is 4.15. The Morgan fingerprint density at radius 3 is 2.57 bits per heavy atom. The van der Waals surface area contributed by atoms with E-state index in [2.05, 4.69) is 15.5 Å². The molecule has 11 heteroatoms. The highest BCUT2D eigenvalue weighted by Crippen LogP contribution is 2.27. The standard InChI is InChI=1S/C17H16Cl2N6O3/c1-10-17(21-16(26)9-23-7-12(6-20-23)25(27)28)11(2)24(22-10)8-13-14(18)4-3-5-15(13)19/h3-7H,8-9H2,1-2H3,(H,21,26). The normalized spacial score (nSPS) is 10.9. The van der Waals surface area contributed by atoms with Crippen LogP contribution in [0.2, 0.25) is 10.0 Å². The highest BCUT2D eigenvalue weighted by Gasteiger charge is 2.17. The van der Waals surface area contributed by atoms with E-state index in [4.69, 9.17) is 23.2 Å². The van der Waals surface area contributed by atoms with Crippen molar-refractivity contribution >= 4 is 40.5 Å². The maximum absolute atomic E-state index is 12.3. The predicted octanol–water partition coefficient (Wildman–Crippen LogP) is 3.60. The molecule has 28 heavy (non-hydrogen) atoms. The van der Waals surface area contributed by atoms with Crippen LogP contribution in [0.15, 0.2) is 30.6 Å². The topological polar surface area (TPSA) is 108 Å². The van der Waals surface area contributed by atoms with Gasteiger partial charge in [0.25, 0.3) is 0 Å². The molecule has 0 bridgehead atoms. The molecule has 146 valence electrons. The molecule has 0 fully saturated rings. The number of nitro groups is 1. The van der Waals surface area contributed by atoms with E-state index in [-0.39, 0.29) is 18.1 Å². The van der Waals surface area contributed by atoms with Gasteiger partial charge in [-0.3, -0.25) is 24.3 Å². The number of nitrogens with one attached hydrogen (secondary N) is 1. The summed E-state index contributed by atoms with van der Waals surface area (Å²) in [5.41, 5.74) is 2.48. The Morgan fingerprint density at radius 1 is 1.29 bits per heavy atom. The van der Waals surface area contributed by atoms with Gasteiger partial charge in [0.05, 0.1) is 28.5 Å². The van der Waals surface area contributed by atoms with Gasteiger partial charge in [-0.25, -0.2) is 0 Å². The molecule has 0 atom stereocenters. The zero-order chi connectivity index (χ0) is 20.4. The van der Waals surface area contributed by atoms with Crippen molar-refractivity contribution in [2.45, 2.75) is 26.9 Å². The molecule has 0 saturated carbocycles. The van der Waals surface area contributed by atoms with Crippen LogP contribution in [0.1, 0.15) is 17.0 Å². The first-order chi connectivity index (χ1) is 13.3. The third-order valence-electron chi connectivity index (χ3n) is 4.15. The number of anilines is 1. The minimum absolute atomic E-state index is 0.158. The van der Waals surface area contributed by atoms with Gasteiger partial charge in [0.15, 0.2) is 0 Å². The second-order valence-corrected chi connectivity index (χ2v) is 6.92. The minimum Gasteiger partial charge on any atom is -0.321 e. The molecular weight excluding hydrogens is 407 g/mol. The SMILES string of the molecule is Cc1nn(Cc2c(Cl)cccc2Cl)c(C)c1NC(=O)Cn1cc([N+](=O)[O-])cn1. The van der Waals surface area contributed by atoms with Crippen molar-refractivity contribution in [3.63, 3.8) is 0 Å². The molecule has 3 rings (SSSR count). The molecule has 0 spiro atoms. The largest absolute Gasteiger partial charge is 0.321 e. The van der Waals surface area contributed by atoms with Gasteiger partial charge in [-0.15, -0.1) is 0 Å². The molecule has 2 aromatic heterocycles. The van der Waals surface area contributed by atoms with Crippen LogP contribution in [-0.2, 0) is 17.9 Å². The van der Waals surface area contributed by atoms with E-state index in [1.807, 2.05) is 6.92 Å². The van der Waals surface area contributed by atoms with Crippen molar-refractivity contribution in [1.82, 2.24) is 19.6 Å². The van der Waals surface area contributed by atoms with Crippen LogP contribution < -0.4 is 5.32 Å². The average molecular weight is 423 g/mol. The Kier molecular flexibility index (Phi) is 5.66. The molecule has 0 unspecified atom stereocenters. The van der Waals surface area contributed by atoms with E-state index >= 15 is 0 Å². The first kappa shape index (κ1) is 19.8. The Labute approximate surface area is 170 Å². The molecule has 9 nitrogen and oxygen atoms in total. The van der Waals surface area contributed by atoms with E-state index in [9.17, 15) is 14.9 Å². The number of benzene rings is 1. The summed E-state index contributed by atoms with van der Waals surface area (Å²) in [5, 5.41) is 22.8. The van der Waals surface area contributed by atoms with Gasteiger partial charge < -0.3 is 5.32 Å². The van der Waals surface area contributed by atoms with Crippen LogP contribution in [0.4, 0.5) is 11.4 Å². The lowest BCUT2D eigenvalue weighted by Gasteiger charge is -2.10. The summed E-state index contributed by atoms with van der Waals surface area (Å²) in [5.74, 6) is -0.375. The maximum Gasteiger partial charge on any atom is 0.307 e. The summed E-state index contributed by atoms with van der Waals surface area (Å²) in [6.45, 7) is 3.78. The number of halogens is 2. The molecule has 0 saturated heterocycles. The maximum atomic E-state index is 12.3. The molecule has 0 aliphatic carbocycles. The van der Waals surface area contributed by atoms with E-state index in [1.54, 1.807) is 29.8 Å². The smallest absolute Gasteiger partial charge is 0.307 e. The van der Waals surface area contributed by atoms with E-state index < -0.39 is 4.92 Å². The van der Waals surface area contributed by atoms with Crippen molar-refractivity contribution in [1.29, 1.82) is 0 Å². The molecule has 0 aliphatic heterocycles. The van der Waals surface area contributed by atoms with Gasteiger partial charge in [-0.1, -0.05) is 29.3 Å². The average Bonchev–Trinajstić information content (AvgIpc) is 3.19. The van der Waals surface area contributed by atoms with Crippen LogP contribution in [0.3, 0.4) is 0 Å². The molecule has 1 aromatic carbocycles. The van der Waals surface area contributed by atoms with Gasteiger partial charge in [0.2, 0.25) is 5.91 Å². The quantitative estimate of drug-likeness (QED) is 0.482. The molecule has 3 aromatic rings. The highest BCUT2D eigenvalue weighted by molar-refractivity contribution is 6.35. The van der Waals surface area contributed by atoms with E-state index in [0.717, 1.165) is 17.5 Å². The Morgan fingerprint density at radius 2 is 1.96 bits per heavy atom. The van der Waals surface area contributed by atoms with Crippen LogP contribution in [0, 0.1) is 24.0 Å². The number of hydrogen-bond acceptors (Lipinski definition) is 5. The van der Waals surface area contributed by atoms with Crippen molar-refractivity contribution < 1.29 is 9.72 Å². The third-order valence-corrected chi connectivity index (χ3v) is 4.86. The number of aryl methyl sites for hydroxylation is 1. The molecule has 1 N–H and O–H groups in total. The number of carbonyl (C=O) groups excluding carboxylic acids is 1. The van der Waals surface area contributed by atoms with Crippen LogP contribution >= 0.6 is 23.2 Å². The number of rotatable bonds is 6. The predicted molar refractivity (Wildman–Crippen MR) is 105 cm³/mol. The lowest BCUT2D eigenvalue weighted by molar-refractivity contribution is -0.385. The van der Waals surface area contributed by atoms with Crippen molar-refractivity contribution in [3.05, 3.63) is 67.7 Å². The minimum atomic E-state index is -0.570. The van der Waals surface area contributed by atoms with E-state index in [1.165, 1.54) is 10.9 Å². The summed E-state index contributed by atoms with van der Waals surface area (Å²) in [6, 6.07) is 5.27. The van der Waals surface area contributed by atoms with Gasteiger partial charge >= 0.3 is 5.69 Å². The fourth-order valence-corrected chi connectivity index (χ4v) is 3.24. The second-order valence-electron chi connectivity index (χ2n) is 6.11. The number of nitrogens with zero attached hydrogens (tertiary/aromatic N) is 5. The summed E-state index contributed by atoms with van der Waals surface area (Å²) >= 11 is 12.4. The monoisotopic (exact) mass is 422 g/mol. The van der Waals surface area contributed by atoms with Crippen molar-refractivity contribution in [2.75, 3.05) is 5.32 Å². The lowest BCUT2D eigenvalue weighted by atomic mass is 10.2. The van der Waals surface area contributed by atoms with Gasteiger partial charge in [-0.2, -0.15) is 10.2 Å². The highest BCUT2D eigenvalue weighted by atomic mass is 35.5. The first-order valence-electron chi connectivity index (χ1n) is 8.20. The fraction of sp³-hybridized carbons (Fsp3) is 0.235. The summed E-state index contributed by atoms with van der Waals surface area (Å²) in [7, 11) is 0. The molecule has 1 amide bonds. The Hall–Kier alpha value is -2.91. The Bertz CT molecular complexity index is 1040. The second kappa shape index (κ2) is 7.99. The zero-order valence-corrected chi connectivity index (χ0v) is 16.5. The van der Waals surface area contributed by atoms with Crippen molar-refractivity contribution in [2.24, 2.45) is 0 Å². The molecular formula is C17H16Cl2N6O3. The summed E-state index contributed by atoms with van der Waals surface area (Å²) in [6.07, 6.45) is 2.29. The molecule has 0 aliphatic rings. The van der Waals surface area contributed by atoms with Crippen LogP contribution in [0.25, 0.3) is 0 Å². The molecule has 0 radical (unpaired) electrons. The number of amides is 1. The van der Waals surface area contributed by atoms with Crippen molar-refractivity contribution in [3.8, 4) is 0 Å². The summed E-state index contributed by atoms with van der Waals surface area (Å²) in [4.78, 5) is 22.5. The molecule has 2 heterocycles. The van der Waals surface area contributed by atoms with Gasteiger partial charge in [0, 0.05) is 15.6 Å². The fourth-order valence-electron chi connectivity index (χ4n) is 2.72. The Balaban J connectivity index is 1.76. The van der Waals surface area contributed by atoms with Gasteiger partial charge in [-0.05, 0) is 26.0 Å². The van der Waals surface area contributed by atoms with Crippen LogP contribution in [0.5, 0.6) is 0 Å². The number of hydrogen-bond donors (Lipinski definition) is 1. The lowest BCUT2D eigenvalue weighted by Crippen LogP contribution is -2.19. The first-order valence-corrected chi connectivity index (χ1v) is 8.95.